The maximum atomic E-state index is 13.0. The summed E-state index contributed by atoms with van der Waals surface area (Å²) in [6.07, 6.45) is -4.48. The number of likely N-dealkylation sites (N-methyl/N-ethyl adjacent to an activating group) is 1. The summed E-state index contributed by atoms with van der Waals surface area (Å²) in [5.41, 5.74) is 2.28. The Morgan fingerprint density at radius 3 is 2.42 bits per heavy atom. The van der Waals surface area contributed by atoms with E-state index in [1.165, 1.54) is 12.1 Å². The van der Waals surface area contributed by atoms with Crippen LogP contribution in [0.2, 0.25) is 0 Å². The molecule has 1 heterocycles. The van der Waals surface area contributed by atoms with E-state index in [0.717, 1.165) is 28.8 Å². The number of nitrogens with zero attached hydrogens (tertiary/aromatic N) is 1. The Hall–Kier alpha value is -2.76. The number of alkyl halides is 3. The van der Waals surface area contributed by atoms with Crippen molar-refractivity contribution in [1.29, 1.82) is 5.41 Å². The smallest absolute Gasteiger partial charge is 0.416 e. The van der Waals surface area contributed by atoms with Crippen LogP contribution in [0.5, 0.6) is 0 Å². The van der Waals surface area contributed by atoms with E-state index in [1.54, 1.807) is 11.9 Å². The molecule has 2 aromatic rings. The predicted octanol–water partition coefficient (Wildman–Crippen LogP) is 5.26. The number of hydrogen-bond donors (Lipinski definition) is 2. The highest BCUT2D eigenvalue weighted by Gasteiger charge is 2.38. The van der Waals surface area contributed by atoms with E-state index in [0.29, 0.717) is 0 Å². The summed E-state index contributed by atoms with van der Waals surface area (Å²) in [5, 5.41) is 19.2. The van der Waals surface area contributed by atoms with Crippen molar-refractivity contribution >= 4 is 11.4 Å². The van der Waals surface area contributed by atoms with E-state index in [2.05, 4.69) is 0 Å². The quantitative estimate of drug-likeness (QED) is 0.768. The lowest BCUT2D eigenvalue weighted by Gasteiger charge is -2.24. The lowest BCUT2D eigenvalue weighted by Crippen LogP contribution is -2.25. The summed E-state index contributed by atoms with van der Waals surface area (Å²) in [6.45, 7) is 3.83. The van der Waals surface area contributed by atoms with Gasteiger partial charge in [0, 0.05) is 7.05 Å². The Morgan fingerprint density at radius 2 is 1.77 bits per heavy atom. The van der Waals surface area contributed by atoms with Crippen molar-refractivity contribution in [3.8, 4) is 0 Å². The SMILES string of the molecule is Cc1ccc(C)c(C2C(O)=C(c3cccc(C(F)(F)F)c3)C(=N)N2C)c1. The van der Waals surface area contributed by atoms with Crippen LogP contribution >= 0.6 is 0 Å². The molecule has 0 saturated carbocycles. The van der Waals surface area contributed by atoms with Gasteiger partial charge in [0.15, 0.2) is 0 Å². The third kappa shape index (κ3) is 2.96. The van der Waals surface area contributed by atoms with Gasteiger partial charge in [0.05, 0.1) is 11.1 Å². The average Bonchev–Trinajstić information content (AvgIpc) is 2.79. The van der Waals surface area contributed by atoms with Crippen molar-refractivity contribution < 1.29 is 18.3 Å². The van der Waals surface area contributed by atoms with Gasteiger partial charge in [-0.3, -0.25) is 5.41 Å². The number of amidine groups is 1. The zero-order chi connectivity index (χ0) is 19.2. The van der Waals surface area contributed by atoms with Crippen LogP contribution in [0, 0.1) is 19.3 Å². The first-order valence-corrected chi connectivity index (χ1v) is 8.11. The number of halogens is 3. The molecule has 1 aliphatic rings. The number of aliphatic hydroxyl groups is 1. The number of aryl methyl sites for hydroxylation is 2. The first-order valence-electron chi connectivity index (χ1n) is 8.11. The Morgan fingerprint density at radius 1 is 1.08 bits per heavy atom. The number of benzene rings is 2. The topological polar surface area (TPSA) is 47.3 Å². The maximum absolute atomic E-state index is 13.0. The minimum absolute atomic E-state index is 0.00673. The van der Waals surface area contributed by atoms with Crippen molar-refractivity contribution in [2.45, 2.75) is 26.1 Å². The number of nitrogens with one attached hydrogen (secondary N) is 1. The molecule has 1 aliphatic heterocycles. The second-order valence-electron chi connectivity index (χ2n) is 6.56. The highest BCUT2D eigenvalue weighted by molar-refractivity contribution is 6.24. The average molecular weight is 360 g/mol. The van der Waals surface area contributed by atoms with Crippen LogP contribution in [0.25, 0.3) is 5.57 Å². The van der Waals surface area contributed by atoms with Crippen molar-refractivity contribution in [1.82, 2.24) is 4.90 Å². The van der Waals surface area contributed by atoms with E-state index < -0.39 is 17.8 Å². The third-order valence-electron chi connectivity index (χ3n) is 4.70. The Bertz CT molecular complexity index is 916. The predicted molar refractivity (Wildman–Crippen MR) is 95.1 cm³/mol. The Kier molecular flexibility index (Phi) is 4.30. The van der Waals surface area contributed by atoms with Gasteiger partial charge in [0.25, 0.3) is 0 Å². The zero-order valence-corrected chi connectivity index (χ0v) is 14.6. The first-order chi connectivity index (χ1) is 12.1. The first kappa shape index (κ1) is 18.0. The minimum atomic E-state index is -4.48. The molecule has 0 aromatic heterocycles. The molecule has 136 valence electrons. The van der Waals surface area contributed by atoms with Gasteiger partial charge in [-0.1, -0.05) is 35.9 Å². The molecule has 6 heteroatoms. The summed E-state index contributed by atoms with van der Waals surface area (Å²) >= 11 is 0. The molecule has 2 aromatic carbocycles. The van der Waals surface area contributed by atoms with Crippen LogP contribution in [0.1, 0.15) is 33.9 Å². The monoisotopic (exact) mass is 360 g/mol. The molecule has 0 bridgehead atoms. The molecule has 26 heavy (non-hydrogen) atoms. The molecule has 0 spiro atoms. The van der Waals surface area contributed by atoms with E-state index in [9.17, 15) is 18.3 Å². The standard InChI is InChI=1S/C20H19F3N2O/c1-11-7-8-12(2)15(9-11)17-18(26)16(19(24)25(17)3)13-5-4-6-14(10-13)20(21,22)23/h4-10,17,24,26H,1-3H3. The molecule has 0 saturated heterocycles. The van der Waals surface area contributed by atoms with Gasteiger partial charge in [-0.15, -0.1) is 0 Å². The highest BCUT2D eigenvalue weighted by Crippen LogP contribution is 2.42. The summed E-state index contributed by atoms with van der Waals surface area (Å²) in [4.78, 5) is 1.58. The molecule has 0 aliphatic carbocycles. The van der Waals surface area contributed by atoms with Crippen LogP contribution in [0.4, 0.5) is 13.2 Å². The molecule has 3 rings (SSSR count). The summed E-state index contributed by atoms with van der Waals surface area (Å²) < 4.78 is 39.1. The van der Waals surface area contributed by atoms with Crippen LogP contribution < -0.4 is 0 Å². The van der Waals surface area contributed by atoms with Gasteiger partial charge >= 0.3 is 6.18 Å². The lowest BCUT2D eigenvalue weighted by molar-refractivity contribution is -0.137. The van der Waals surface area contributed by atoms with E-state index in [-0.39, 0.29) is 22.7 Å². The summed E-state index contributed by atoms with van der Waals surface area (Å²) in [5.74, 6) is -0.113. The van der Waals surface area contributed by atoms with Crippen molar-refractivity contribution in [3.05, 3.63) is 76.0 Å². The largest absolute Gasteiger partial charge is 0.509 e. The number of hydrogen-bond acceptors (Lipinski definition) is 2. The Labute approximate surface area is 149 Å². The van der Waals surface area contributed by atoms with Gasteiger partial charge in [-0.25, -0.2) is 0 Å². The van der Waals surface area contributed by atoms with Crippen LogP contribution in [0.15, 0.2) is 48.2 Å². The van der Waals surface area contributed by atoms with Gasteiger partial charge in [-0.05, 0) is 42.7 Å². The van der Waals surface area contributed by atoms with Crippen molar-refractivity contribution in [3.63, 3.8) is 0 Å². The molecule has 2 N–H and O–H groups in total. The lowest BCUT2D eigenvalue weighted by atomic mass is 9.96. The van der Waals surface area contributed by atoms with Gasteiger partial charge in [-0.2, -0.15) is 13.2 Å². The number of aliphatic hydroxyl groups excluding tert-OH is 1. The van der Waals surface area contributed by atoms with Crippen LogP contribution in [0.3, 0.4) is 0 Å². The molecular formula is C20H19F3N2O. The molecule has 1 atom stereocenters. The van der Waals surface area contributed by atoms with Crippen LogP contribution in [-0.2, 0) is 6.18 Å². The molecule has 0 fully saturated rings. The maximum Gasteiger partial charge on any atom is 0.416 e. The Balaban J connectivity index is 2.14. The van der Waals surface area contributed by atoms with Gasteiger partial charge < -0.3 is 10.0 Å². The van der Waals surface area contributed by atoms with Crippen molar-refractivity contribution in [2.75, 3.05) is 7.05 Å². The molecular weight excluding hydrogens is 341 g/mol. The fourth-order valence-electron chi connectivity index (χ4n) is 3.29. The van der Waals surface area contributed by atoms with E-state index in [1.807, 2.05) is 32.0 Å². The zero-order valence-electron chi connectivity index (χ0n) is 14.6. The molecule has 3 nitrogen and oxygen atoms in total. The normalized spacial score (nSPS) is 18.0. The summed E-state index contributed by atoms with van der Waals surface area (Å²) in [6, 6.07) is 9.93. The molecule has 1 unspecified atom stereocenters. The second-order valence-corrected chi connectivity index (χ2v) is 6.56. The van der Waals surface area contributed by atoms with Gasteiger partial charge in [0.2, 0.25) is 0 Å². The fraction of sp³-hybridized carbons (Fsp3) is 0.250. The van der Waals surface area contributed by atoms with Crippen LogP contribution in [-0.4, -0.2) is 22.9 Å². The fourth-order valence-corrected chi connectivity index (χ4v) is 3.29. The third-order valence-corrected chi connectivity index (χ3v) is 4.70. The van der Waals surface area contributed by atoms with Gasteiger partial charge in [0.1, 0.15) is 17.6 Å². The van der Waals surface area contributed by atoms with E-state index in [4.69, 9.17) is 5.41 Å². The molecule has 0 radical (unpaired) electrons. The van der Waals surface area contributed by atoms with Crippen molar-refractivity contribution in [2.24, 2.45) is 0 Å². The molecule has 0 amide bonds. The highest BCUT2D eigenvalue weighted by atomic mass is 19.4. The minimum Gasteiger partial charge on any atom is -0.509 e. The summed E-state index contributed by atoms with van der Waals surface area (Å²) in [7, 11) is 1.66. The van der Waals surface area contributed by atoms with E-state index >= 15 is 0 Å². The number of rotatable bonds is 2. The second kappa shape index (κ2) is 6.20.